The van der Waals surface area contributed by atoms with Crippen LogP contribution in [0.4, 0.5) is 5.13 Å². The number of anilines is 1. The summed E-state index contributed by atoms with van der Waals surface area (Å²) < 4.78 is 8.89. The van der Waals surface area contributed by atoms with Crippen molar-refractivity contribution in [3.05, 3.63) is 71.8 Å². The second-order valence-electron chi connectivity index (χ2n) is 7.73. The molecule has 4 aromatic rings. The number of halogens is 1. The zero-order valence-electron chi connectivity index (χ0n) is 18.4. The molecule has 0 fully saturated rings. The molecule has 0 unspecified atom stereocenters. The Morgan fingerprint density at radius 2 is 1.91 bits per heavy atom. The van der Waals surface area contributed by atoms with E-state index in [1.807, 2.05) is 42.0 Å². The van der Waals surface area contributed by atoms with E-state index in [1.165, 1.54) is 11.1 Å². The highest BCUT2D eigenvalue weighted by Gasteiger charge is 2.21. The Hall–Kier alpha value is -2.90. The number of rotatable bonds is 8. The minimum Gasteiger partial charge on any atom is -0.484 e. The van der Waals surface area contributed by atoms with Gasteiger partial charge in [0.25, 0.3) is 5.91 Å². The SMILES string of the molecule is Cc1ccc(OCC(=O)N(CCCn2ccnc2)c2nc3cc(C)cc(C)c3s2)cc1.Cl. The van der Waals surface area contributed by atoms with E-state index in [0.29, 0.717) is 17.4 Å². The van der Waals surface area contributed by atoms with Gasteiger partial charge >= 0.3 is 0 Å². The molecule has 0 bridgehead atoms. The highest BCUT2D eigenvalue weighted by atomic mass is 35.5. The number of ether oxygens (including phenoxy) is 1. The van der Waals surface area contributed by atoms with E-state index in [1.54, 1.807) is 28.8 Å². The summed E-state index contributed by atoms with van der Waals surface area (Å²) in [5.74, 6) is 0.590. The summed E-state index contributed by atoms with van der Waals surface area (Å²) in [6, 6.07) is 11.9. The molecule has 2 aromatic carbocycles. The van der Waals surface area contributed by atoms with E-state index >= 15 is 0 Å². The largest absolute Gasteiger partial charge is 0.484 e. The molecule has 2 heterocycles. The van der Waals surface area contributed by atoms with Crippen LogP contribution < -0.4 is 9.64 Å². The molecular formula is C24H27ClN4O2S. The van der Waals surface area contributed by atoms with Crippen LogP contribution in [0, 0.1) is 20.8 Å². The lowest BCUT2D eigenvalue weighted by Gasteiger charge is -2.20. The van der Waals surface area contributed by atoms with Crippen LogP contribution in [0.2, 0.25) is 0 Å². The molecule has 8 heteroatoms. The molecular weight excluding hydrogens is 444 g/mol. The number of aromatic nitrogens is 3. The number of nitrogens with zero attached hydrogens (tertiary/aromatic N) is 4. The van der Waals surface area contributed by atoms with Crippen molar-refractivity contribution in [2.45, 2.75) is 33.7 Å². The van der Waals surface area contributed by atoms with Gasteiger partial charge < -0.3 is 9.30 Å². The Labute approximate surface area is 198 Å². The number of hydrogen-bond donors (Lipinski definition) is 0. The Balaban J connectivity index is 0.00000289. The maximum Gasteiger partial charge on any atom is 0.266 e. The molecule has 0 radical (unpaired) electrons. The number of carbonyl (C=O) groups excluding carboxylic acids is 1. The van der Waals surface area contributed by atoms with Crippen LogP contribution in [-0.4, -0.2) is 33.6 Å². The average molecular weight is 471 g/mol. The number of aryl methyl sites for hydroxylation is 4. The van der Waals surface area contributed by atoms with Gasteiger partial charge in [-0.15, -0.1) is 12.4 Å². The second kappa shape index (κ2) is 10.6. The Morgan fingerprint density at radius 3 is 2.62 bits per heavy atom. The number of carbonyl (C=O) groups is 1. The number of imidazole rings is 1. The monoisotopic (exact) mass is 470 g/mol. The molecule has 6 nitrogen and oxygen atoms in total. The molecule has 4 rings (SSSR count). The number of thiazole rings is 1. The van der Waals surface area contributed by atoms with E-state index in [4.69, 9.17) is 9.72 Å². The van der Waals surface area contributed by atoms with Crippen molar-refractivity contribution in [2.75, 3.05) is 18.1 Å². The summed E-state index contributed by atoms with van der Waals surface area (Å²) in [5, 5.41) is 0.715. The lowest BCUT2D eigenvalue weighted by Crippen LogP contribution is -2.36. The van der Waals surface area contributed by atoms with Gasteiger partial charge in [0, 0.05) is 25.5 Å². The second-order valence-corrected chi connectivity index (χ2v) is 8.71. The van der Waals surface area contributed by atoms with Crippen LogP contribution in [0.3, 0.4) is 0 Å². The minimum atomic E-state index is -0.0976. The van der Waals surface area contributed by atoms with E-state index in [0.717, 1.165) is 28.7 Å². The van der Waals surface area contributed by atoms with Gasteiger partial charge in [-0.25, -0.2) is 9.97 Å². The standard InChI is InChI=1S/C24H26N4O2S.ClH/c1-17-5-7-20(8-6-17)30-15-22(29)28(11-4-10-27-12-9-25-16-27)24-26-21-14-18(2)13-19(3)23(21)31-24;/h5-9,12-14,16H,4,10-11,15H2,1-3H3;1H. The van der Waals surface area contributed by atoms with Gasteiger partial charge in [0.15, 0.2) is 11.7 Å². The van der Waals surface area contributed by atoms with Gasteiger partial charge in [0.2, 0.25) is 0 Å². The molecule has 0 atom stereocenters. The summed E-state index contributed by atoms with van der Waals surface area (Å²) in [6.45, 7) is 7.49. The van der Waals surface area contributed by atoms with Gasteiger partial charge in [-0.3, -0.25) is 9.69 Å². The van der Waals surface area contributed by atoms with Crippen LogP contribution >= 0.6 is 23.7 Å². The highest BCUT2D eigenvalue weighted by Crippen LogP contribution is 2.32. The van der Waals surface area contributed by atoms with Crippen LogP contribution in [0.1, 0.15) is 23.1 Å². The summed E-state index contributed by atoms with van der Waals surface area (Å²) >= 11 is 1.56. The number of benzene rings is 2. The third-order valence-electron chi connectivity index (χ3n) is 5.08. The molecule has 2 aromatic heterocycles. The zero-order chi connectivity index (χ0) is 21.8. The summed E-state index contributed by atoms with van der Waals surface area (Å²) in [7, 11) is 0. The third kappa shape index (κ3) is 5.66. The first-order chi connectivity index (χ1) is 15.0. The quantitative estimate of drug-likeness (QED) is 0.348. The molecule has 0 aliphatic rings. The lowest BCUT2D eigenvalue weighted by atomic mass is 10.1. The molecule has 32 heavy (non-hydrogen) atoms. The molecule has 0 aliphatic carbocycles. The smallest absolute Gasteiger partial charge is 0.266 e. The zero-order valence-corrected chi connectivity index (χ0v) is 20.1. The van der Waals surface area contributed by atoms with Crippen LogP contribution in [0.15, 0.2) is 55.1 Å². The fourth-order valence-corrected chi connectivity index (χ4v) is 4.55. The molecule has 0 spiro atoms. The van der Waals surface area contributed by atoms with Crippen LogP contribution in [-0.2, 0) is 11.3 Å². The number of hydrogen-bond acceptors (Lipinski definition) is 5. The van der Waals surface area contributed by atoms with Crippen molar-refractivity contribution in [1.29, 1.82) is 0 Å². The van der Waals surface area contributed by atoms with E-state index in [9.17, 15) is 4.79 Å². The first kappa shape index (κ1) is 23.8. The Morgan fingerprint density at radius 1 is 1.12 bits per heavy atom. The van der Waals surface area contributed by atoms with Gasteiger partial charge in [-0.2, -0.15) is 0 Å². The summed E-state index contributed by atoms with van der Waals surface area (Å²) in [6.07, 6.45) is 6.27. The highest BCUT2D eigenvalue weighted by molar-refractivity contribution is 7.22. The fourth-order valence-electron chi connectivity index (χ4n) is 3.50. The topological polar surface area (TPSA) is 60.2 Å². The number of amides is 1. The predicted molar refractivity (Wildman–Crippen MR) is 132 cm³/mol. The average Bonchev–Trinajstić information content (AvgIpc) is 3.40. The third-order valence-corrected chi connectivity index (χ3v) is 6.31. The van der Waals surface area contributed by atoms with Crippen molar-refractivity contribution < 1.29 is 9.53 Å². The Bertz CT molecular complexity index is 1170. The van der Waals surface area contributed by atoms with Gasteiger partial charge in [0.1, 0.15) is 5.75 Å². The van der Waals surface area contributed by atoms with E-state index in [-0.39, 0.29) is 24.9 Å². The van der Waals surface area contributed by atoms with Crippen molar-refractivity contribution >= 4 is 45.0 Å². The minimum absolute atomic E-state index is 0. The van der Waals surface area contributed by atoms with Crippen molar-refractivity contribution in [2.24, 2.45) is 0 Å². The van der Waals surface area contributed by atoms with E-state index in [2.05, 4.69) is 31.0 Å². The molecule has 168 valence electrons. The van der Waals surface area contributed by atoms with Crippen molar-refractivity contribution in [3.8, 4) is 5.75 Å². The van der Waals surface area contributed by atoms with Gasteiger partial charge in [0.05, 0.1) is 16.5 Å². The molecule has 0 saturated heterocycles. The first-order valence-corrected chi connectivity index (χ1v) is 11.1. The molecule has 1 amide bonds. The molecule has 0 saturated carbocycles. The van der Waals surface area contributed by atoms with Gasteiger partial charge in [-0.05, 0) is 56.5 Å². The van der Waals surface area contributed by atoms with E-state index < -0.39 is 0 Å². The number of fused-ring (bicyclic) bond motifs is 1. The summed E-state index contributed by atoms with van der Waals surface area (Å²) in [4.78, 5) is 23.8. The fraction of sp³-hybridized carbons (Fsp3) is 0.292. The van der Waals surface area contributed by atoms with Crippen LogP contribution in [0.25, 0.3) is 10.2 Å². The summed E-state index contributed by atoms with van der Waals surface area (Å²) in [5.41, 5.74) is 4.44. The normalized spacial score (nSPS) is 10.7. The van der Waals surface area contributed by atoms with Crippen LogP contribution in [0.5, 0.6) is 5.75 Å². The molecule has 0 aliphatic heterocycles. The predicted octanol–water partition coefficient (Wildman–Crippen LogP) is 5.34. The lowest BCUT2D eigenvalue weighted by molar-refractivity contribution is -0.120. The van der Waals surface area contributed by atoms with Crippen molar-refractivity contribution in [3.63, 3.8) is 0 Å². The Kier molecular flexibility index (Phi) is 7.88. The maximum absolute atomic E-state index is 13.2. The molecule has 0 N–H and O–H groups in total. The van der Waals surface area contributed by atoms with Crippen molar-refractivity contribution in [1.82, 2.24) is 14.5 Å². The first-order valence-electron chi connectivity index (χ1n) is 10.3. The maximum atomic E-state index is 13.2. The van der Waals surface area contributed by atoms with Gasteiger partial charge in [-0.1, -0.05) is 35.1 Å².